The first-order chi connectivity index (χ1) is 25.0. The van der Waals surface area contributed by atoms with E-state index in [1.54, 1.807) is 14.1 Å². The minimum Gasteiger partial charge on any atom is -0.367 e. The van der Waals surface area contributed by atoms with Crippen molar-refractivity contribution in [2.45, 2.75) is 40.4 Å². The summed E-state index contributed by atoms with van der Waals surface area (Å²) in [6, 6.07) is 1.98. The van der Waals surface area contributed by atoms with Crippen molar-refractivity contribution in [2.24, 2.45) is 14.1 Å². The van der Waals surface area contributed by atoms with Gasteiger partial charge < -0.3 is 25.4 Å². The number of aryl methyl sites for hydroxylation is 2. The van der Waals surface area contributed by atoms with Crippen molar-refractivity contribution in [1.29, 1.82) is 5.26 Å². The van der Waals surface area contributed by atoms with E-state index in [-0.39, 0.29) is 34.6 Å². The van der Waals surface area contributed by atoms with E-state index in [1.807, 2.05) is 6.07 Å². The lowest BCUT2D eigenvalue weighted by atomic mass is 10.1. The van der Waals surface area contributed by atoms with E-state index in [0.29, 0.717) is 38.8 Å². The van der Waals surface area contributed by atoms with Crippen LogP contribution in [0.1, 0.15) is 6.92 Å². The second-order valence-corrected chi connectivity index (χ2v) is 16.0. The fourth-order valence-corrected chi connectivity index (χ4v) is 9.70. The zero-order chi connectivity index (χ0) is 37.8. The molecule has 0 radical (unpaired) electrons. The molecule has 25 heteroatoms. The summed E-state index contributed by atoms with van der Waals surface area (Å²) in [5.74, 6) is -0.590. The lowest BCUT2D eigenvalue weighted by Crippen LogP contribution is -2.59. The highest BCUT2D eigenvalue weighted by Crippen LogP contribution is 2.33. The van der Waals surface area contributed by atoms with Crippen molar-refractivity contribution in [2.75, 3.05) is 48.7 Å². The predicted molar refractivity (Wildman–Crippen MR) is 201 cm³/mol. The van der Waals surface area contributed by atoms with Crippen LogP contribution in [0.3, 0.4) is 0 Å². The van der Waals surface area contributed by atoms with Gasteiger partial charge in [0.15, 0.2) is 18.2 Å². The number of carbonyl (C=O) groups is 4. The number of Topliss-reactive ketones (excluding diaryl/α,β-unsaturated/α-hetero) is 1. The third kappa shape index (κ3) is 10.7. The van der Waals surface area contributed by atoms with Gasteiger partial charge in [0.25, 0.3) is 11.8 Å². The molecule has 3 N–H and O–H groups in total. The summed E-state index contributed by atoms with van der Waals surface area (Å²) in [6.07, 6.45) is -2.11. The van der Waals surface area contributed by atoms with Gasteiger partial charge in [0.1, 0.15) is 16.4 Å². The molecule has 0 bridgehead atoms. The minimum atomic E-state index is -1.22. The van der Waals surface area contributed by atoms with Gasteiger partial charge in [0.05, 0.1) is 28.6 Å². The highest BCUT2D eigenvalue weighted by molar-refractivity contribution is 8.01. The number of thioether (sulfide) groups is 5. The molecular formula is C27H35N13O6S6. The Morgan fingerprint density at radius 1 is 1.02 bits per heavy atom. The first kappa shape index (κ1) is 41.5. The van der Waals surface area contributed by atoms with Crippen LogP contribution in [0.15, 0.2) is 32.9 Å². The number of methoxy groups -OCH3 is 2. The topological polar surface area (TPSA) is 237 Å². The molecule has 19 nitrogen and oxygen atoms in total. The average molecular weight is 830 g/mol. The van der Waals surface area contributed by atoms with Crippen molar-refractivity contribution in [1.82, 2.24) is 61.3 Å². The van der Waals surface area contributed by atoms with Crippen LogP contribution in [0.2, 0.25) is 0 Å². The van der Waals surface area contributed by atoms with Crippen LogP contribution >= 0.6 is 71.0 Å². The van der Waals surface area contributed by atoms with Crippen LogP contribution < -0.4 is 16.0 Å². The molecule has 0 saturated heterocycles. The van der Waals surface area contributed by atoms with Crippen molar-refractivity contribution in [3.05, 3.63) is 22.5 Å². The maximum Gasteiger partial charge on any atom is 0.279 e. The van der Waals surface area contributed by atoms with Crippen molar-refractivity contribution >= 4 is 99.9 Å². The van der Waals surface area contributed by atoms with Crippen molar-refractivity contribution < 1.29 is 28.7 Å². The van der Waals surface area contributed by atoms with E-state index >= 15 is 0 Å². The first-order valence-corrected chi connectivity index (χ1v) is 20.8. The number of ketones is 1. The summed E-state index contributed by atoms with van der Waals surface area (Å²) in [5.41, 5.74) is 1.82. The molecule has 0 spiro atoms. The number of ether oxygens (including phenoxy) is 2. The van der Waals surface area contributed by atoms with Crippen LogP contribution in [0, 0.1) is 11.3 Å². The quantitative estimate of drug-likeness (QED) is 0.0758. The fourth-order valence-electron chi connectivity index (χ4n) is 4.73. The molecule has 4 atom stereocenters. The Morgan fingerprint density at radius 2 is 1.60 bits per heavy atom. The summed E-state index contributed by atoms with van der Waals surface area (Å²) in [5, 5.41) is 41.5. The molecule has 2 aromatic heterocycles. The Hall–Kier alpha value is -3.25. The molecule has 0 saturated carbocycles. The Balaban J connectivity index is 1.63. The molecule has 52 heavy (non-hydrogen) atoms. The molecule has 2 aliphatic rings. The number of nitrogens with zero attached hydrogens (tertiary/aromatic N) is 10. The van der Waals surface area contributed by atoms with Crippen LogP contribution in [0.5, 0.6) is 0 Å². The van der Waals surface area contributed by atoms with E-state index in [0.717, 1.165) is 27.6 Å². The number of hydrogen-bond acceptors (Lipinski definition) is 21. The fraction of sp³-hybridized carbons (Fsp3) is 0.556. The van der Waals surface area contributed by atoms with Gasteiger partial charge in [-0.1, -0.05) is 35.7 Å². The maximum absolute atomic E-state index is 14.7. The third-order valence-electron chi connectivity index (χ3n) is 7.18. The zero-order valence-corrected chi connectivity index (χ0v) is 33.4. The number of rotatable bonds is 18. The second kappa shape index (κ2) is 20.3. The number of thiocarbonyl (C=S) groups is 1. The molecule has 3 amide bonds. The smallest absolute Gasteiger partial charge is 0.279 e. The number of nitriles is 1. The van der Waals surface area contributed by atoms with Gasteiger partial charge in [-0.05, 0) is 32.0 Å². The predicted octanol–water partition coefficient (Wildman–Crippen LogP) is -0.287. The van der Waals surface area contributed by atoms with Crippen LogP contribution in [-0.2, 0) is 42.7 Å². The van der Waals surface area contributed by atoms with Gasteiger partial charge in [-0.15, -0.1) is 45.5 Å². The van der Waals surface area contributed by atoms with Gasteiger partial charge in [0.2, 0.25) is 16.2 Å². The molecule has 0 fully saturated rings. The molecule has 2 aliphatic heterocycles. The number of nitrogens with one attached hydrogen (secondary N) is 3. The molecule has 0 aliphatic carbocycles. The third-order valence-corrected chi connectivity index (χ3v) is 12.8. The zero-order valence-electron chi connectivity index (χ0n) is 28.5. The van der Waals surface area contributed by atoms with E-state index < -0.39 is 35.0 Å². The van der Waals surface area contributed by atoms with Gasteiger partial charge >= 0.3 is 0 Å². The number of aromatic nitrogens is 8. The lowest BCUT2D eigenvalue weighted by Gasteiger charge is -2.39. The highest BCUT2D eigenvalue weighted by Gasteiger charge is 2.42. The standard InChI is InChI=1S/C27H35N13O6S6/c1-14(41)19-15(11-51-26-32-34-36-38(26)2)9-50-23(30-19)25(46-5)40(18(43)8-47)24(44)20-16(12-52-27-33-35-37-39(27)3)10-49-22(31-20)21(45-4)29-17(42)13-48-7-6-28/h8,21-23,25,30-31H,7,9-13H2,1-5H3,(H,29,42)/t21-,22+,23+,25-/m0/s1. The minimum absolute atomic E-state index is 0.0348. The summed E-state index contributed by atoms with van der Waals surface area (Å²) in [6.45, 7) is 1.43. The van der Waals surface area contributed by atoms with Crippen LogP contribution in [-0.4, -0.2) is 146 Å². The molecule has 4 rings (SSSR count). The van der Waals surface area contributed by atoms with E-state index in [2.05, 4.69) is 47.0 Å². The summed E-state index contributed by atoms with van der Waals surface area (Å²) >= 11 is 11.6. The number of amides is 3. The molecule has 280 valence electrons. The van der Waals surface area contributed by atoms with E-state index in [9.17, 15) is 19.2 Å². The number of imide groups is 1. The number of tetrazole rings is 2. The summed E-state index contributed by atoms with van der Waals surface area (Å²) in [7, 11) is 6.17. The van der Waals surface area contributed by atoms with Gasteiger partial charge in [-0.2, -0.15) is 5.26 Å². The molecule has 0 aromatic carbocycles. The summed E-state index contributed by atoms with van der Waals surface area (Å²) < 4.78 is 14.4. The Bertz CT molecular complexity index is 1750. The maximum atomic E-state index is 14.7. The Kier molecular flexibility index (Phi) is 16.2. The van der Waals surface area contributed by atoms with Crippen molar-refractivity contribution in [3.63, 3.8) is 0 Å². The lowest BCUT2D eigenvalue weighted by molar-refractivity contribution is -0.152. The Labute approximate surface area is 325 Å². The van der Waals surface area contributed by atoms with Crippen LogP contribution in [0.4, 0.5) is 0 Å². The number of hydrogen-bond donors (Lipinski definition) is 3. The second-order valence-electron chi connectivity index (χ2n) is 10.6. The van der Waals surface area contributed by atoms with Crippen LogP contribution in [0.25, 0.3) is 0 Å². The number of carbonyl (C=O) groups excluding carboxylic acids is 4. The molecule has 0 unspecified atom stereocenters. The monoisotopic (exact) mass is 829 g/mol. The normalized spacial score (nSPS) is 18.5. The molecule has 4 heterocycles. The average Bonchev–Trinajstić information content (AvgIpc) is 3.76. The first-order valence-electron chi connectivity index (χ1n) is 15.1. The van der Waals surface area contributed by atoms with Crippen molar-refractivity contribution in [3.8, 4) is 6.07 Å². The summed E-state index contributed by atoms with van der Waals surface area (Å²) in [4.78, 5) is 54.6. The van der Waals surface area contributed by atoms with E-state index in [1.165, 1.54) is 77.6 Å². The Morgan fingerprint density at radius 3 is 2.10 bits per heavy atom. The number of allylic oxidation sites excluding steroid dienone is 1. The van der Waals surface area contributed by atoms with Gasteiger partial charge in [-0.3, -0.25) is 19.2 Å². The van der Waals surface area contributed by atoms with Gasteiger partial charge in [-0.25, -0.2) is 14.3 Å². The SMILES string of the molecule is CO[C@H](NC(=O)CSCC#N)[C@@H]1NC(C(=O)N(C(=O)C=S)[C@@H](OC)[C@@H]2NC(C(C)=O)=C(CSc3nnnn3C)CS2)=C(CSc2nnnn2C)CS1. The highest BCUT2D eigenvalue weighted by atomic mass is 32.2. The largest absolute Gasteiger partial charge is 0.367 e. The molecular weight excluding hydrogens is 795 g/mol. The molecule has 2 aromatic rings. The van der Waals surface area contributed by atoms with E-state index in [4.69, 9.17) is 27.0 Å². The van der Waals surface area contributed by atoms with Gasteiger partial charge in [0, 0.05) is 58.3 Å².